The molecule has 1 aromatic carbocycles. The summed E-state index contributed by atoms with van der Waals surface area (Å²) in [5.74, 6) is 0.886. The highest BCUT2D eigenvalue weighted by atomic mass is 16.5. The monoisotopic (exact) mass is 165 g/mol. The quantitative estimate of drug-likeness (QED) is 0.727. The van der Waals surface area contributed by atoms with Crippen LogP contribution in [0.2, 0.25) is 0 Å². The molecule has 1 unspecified atom stereocenters. The van der Waals surface area contributed by atoms with E-state index in [2.05, 4.69) is 0 Å². The molecule has 66 valence electrons. The van der Waals surface area contributed by atoms with E-state index >= 15 is 0 Å². The minimum absolute atomic E-state index is 0.0934. The molecule has 0 heterocycles. The molecule has 0 amide bonds. The van der Waals surface area contributed by atoms with Gasteiger partial charge in [0.25, 0.3) is 0 Å². The van der Waals surface area contributed by atoms with Crippen molar-refractivity contribution in [3.63, 3.8) is 0 Å². The number of benzene rings is 1. The molecule has 2 heteroatoms. The van der Waals surface area contributed by atoms with Crippen LogP contribution >= 0.6 is 0 Å². The SMILES string of the molecule is COc1ccc(C(C)N)c(C)c1. The number of ether oxygens (including phenoxy) is 1. The van der Waals surface area contributed by atoms with Gasteiger partial charge in [0.2, 0.25) is 0 Å². The Bertz CT molecular complexity index is 269. The zero-order chi connectivity index (χ0) is 9.14. The molecule has 2 N–H and O–H groups in total. The second-order valence-electron chi connectivity index (χ2n) is 3.01. The number of aryl methyl sites for hydroxylation is 1. The van der Waals surface area contributed by atoms with Crippen molar-refractivity contribution in [1.29, 1.82) is 0 Å². The average molecular weight is 165 g/mol. The zero-order valence-corrected chi connectivity index (χ0v) is 7.79. The standard InChI is InChI=1S/C10H15NO/c1-7-6-9(12-3)4-5-10(7)8(2)11/h4-6,8H,11H2,1-3H3. The predicted octanol–water partition coefficient (Wildman–Crippen LogP) is 2.02. The maximum absolute atomic E-state index is 5.77. The molecule has 0 spiro atoms. The van der Waals surface area contributed by atoms with Crippen molar-refractivity contribution in [3.8, 4) is 5.75 Å². The van der Waals surface area contributed by atoms with Gasteiger partial charge in [0.1, 0.15) is 5.75 Å². The third-order valence-corrected chi connectivity index (χ3v) is 1.97. The molecule has 0 saturated carbocycles. The summed E-state index contributed by atoms with van der Waals surface area (Å²) in [5, 5.41) is 0. The fraction of sp³-hybridized carbons (Fsp3) is 0.400. The number of hydrogen-bond acceptors (Lipinski definition) is 2. The van der Waals surface area contributed by atoms with Gasteiger partial charge in [-0.15, -0.1) is 0 Å². The predicted molar refractivity (Wildman–Crippen MR) is 50.3 cm³/mol. The molecular weight excluding hydrogens is 150 g/mol. The molecule has 12 heavy (non-hydrogen) atoms. The van der Waals surface area contributed by atoms with Crippen LogP contribution in [0.4, 0.5) is 0 Å². The Hall–Kier alpha value is -1.02. The summed E-state index contributed by atoms with van der Waals surface area (Å²) in [6, 6.07) is 6.04. The first-order chi connectivity index (χ1) is 5.65. The topological polar surface area (TPSA) is 35.2 Å². The van der Waals surface area contributed by atoms with Crippen molar-refractivity contribution in [2.75, 3.05) is 7.11 Å². The van der Waals surface area contributed by atoms with Crippen LogP contribution in [0.25, 0.3) is 0 Å². The lowest BCUT2D eigenvalue weighted by molar-refractivity contribution is 0.414. The first-order valence-electron chi connectivity index (χ1n) is 4.05. The third-order valence-electron chi connectivity index (χ3n) is 1.97. The minimum atomic E-state index is 0.0934. The van der Waals surface area contributed by atoms with Crippen molar-refractivity contribution in [3.05, 3.63) is 29.3 Å². The number of rotatable bonds is 2. The maximum atomic E-state index is 5.77. The van der Waals surface area contributed by atoms with Gasteiger partial charge in [0.05, 0.1) is 7.11 Å². The van der Waals surface area contributed by atoms with Crippen LogP contribution in [0.15, 0.2) is 18.2 Å². The average Bonchev–Trinajstić information content (AvgIpc) is 2.03. The van der Waals surface area contributed by atoms with E-state index in [0.29, 0.717) is 0 Å². The molecule has 1 aromatic rings. The first kappa shape index (κ1) is 9.07. The van der Waals surface area contributed by atoms with Crippen molar-refractivity contribution in [1.82, 2.24) is 0 Å². The van der Waals surface area contributed by atoms with E-state index in [4.69, 9.17) is 10.5 Å². The summed E-state index contributed by atoms with van der Waals surface area (Å²) in [4.78, 5) is 0. The van der Waals surface area contributed by atoms with Gasteiger partial charge in [0.15, 0.2) is 0 Å². The lowest BCUT2D eigenvalue weighted by atomic mass is 10.0. The highest BCUT2D eigenvalue weighted by Gasteiger charge is 2.03. The minimum Gasteiger partial charge on any atom is -0.497 e. The van der Waals surface area contributed by atoms with E-state index in [0.717, 1.165) is 5.75 Å². The Balaban J connectivity index is 3.03. The Morgan fingerprint density at radius 2 is 2.08 bits per heavy atom. The highest BCUT2D eigenvalue weighted by Crippen LogP contribution is 2.20. The third kappa shape index (κ3) is 1.77. The van der Waals surface area contributed by atoms with E-state index in [1.165, 1.54) is 11.1 Å². The fourth-order valence-corrected chi connectivity index (χ4v) is 1.29. The van der Waals surface area contributed by atoms with E-state index in [1.807, 2.05) is 32.0 Å². The van der Waals surface area contributed by atoms with Crippen LogP contribution in [-0.2, 0) is 0 Å². The van der Waals surface area contributed by atoms with Gasteiger partial charge in [-0.1, -0.05) is 6.07 Å². The molecule has 1 rings (SSSR count). The summed E-state index contributed by atoms with van der Waals surface area (Å²) in [6.07, 6.45) is 0. The molecule has 0 saturated heterocycles. The summed E-state index contributed by atoms with van der Waals surface area (Å²) in [7, 11) is 1.67. The van der Waals surface area contributed by atoms with Gasteiger partial charge in [-0.25, -0.2) is 0 Å². The zero-order valence-electron chi connectivity index (χ0n) is 7.79. The molecule has 0 aliphatic rings. The summed E-state index contributed by atoms with van der Waals surface area (Å²) >= 11 is 0. The van der Waals surface area contributed by atoms with Gasteiger partial charge >= 0.3 is 0 Å². The molecular formula is C10H15NO. The molecule has 1 atom stereocenters. The number of nitrogens with two attached hydrogens (primary N) is 1. The second-order valence-corrected chi connectivity index (χ2v) is 3.01. The Labute approximate surface area is 73.3 Å². The van der Waals surface area contributed by atoms with Gasteiger partial charge in [-0.2, -0.15) is 0 Å². The van der Waals surface area contributed by atoms with E-state index < -0.39 is 0 Å². The van der Waals surface area contributed by atoms with Gasteiger partial charge in [-0.3, -0.25) is 0 Å². The molecule has 0 aliphatic carbocycles. The Morgan fingerprint density at radius 3 is 2.50 bits per heavy atom. The molecule has 0 radical (unpaired) electrons. The number of methoxy groups -OCH3 is 1. The van der Waals surface area contributed by atoms with Crippen LogP contribution in [0.1, 0.15) is 24.1 Å². The van der Waals surface area contributed by atoms with Gasteiger partial charge in [-0.05, 0) is 37.1 Å². The summed E-state index contributed by atoms with van der Waals surface area (Å²) < 4.78 is 5.09. The second kappa shape index (κ2) is 3.59. The number of hydrogen-bond donors (Lipinski definition) is 1. The maximum Gasteiger partial charge on any atom is 0.119 e. The van der Waals surface area contributed by atoms with Crippen molar-refractivity contribution in [2.45, 2.75) is 19.9 Å². The van der Waals surface area contributed by atoms with Crippen LogP contribution < -0.4 is 10.5 Å². The van der Waals surface area contributed by atoms with E-state index in [9.17, 15) is 0 Å². The van der Waals surface area contributed by atoms with Crippen LogP contribution in [-0.4, -0.2) is 7.11 Å². The Morgan fingerprint density at radius 1 is 1.42 bits per heavy atom. The lowest BCUT2D eigenvalue weighted by Crippen LogP contribution is -2.06. The molecule has 0 bridgehead atoms. The van der Waals surface area contributed by atoms with Crippen molar-refractivity contribution >= 4 is 0 Å². The van der Waals surface area contributed by atoms with Crippen molar-refractivity contribution in [2.24, 2.45) is 5.73 Å². The molecule has 0 aliphatic heterocycles. The Kier molecular flexibility index (Phi) is 2.71. The van der Waals surface area contributed by atoms with E-state index in [1.54, 1.807) is 7.11 Å². The lowest BCUT2D eigenvalue weighted by Gasteiger charge is -2.10. The van der Waals surface area contributed by atoms with Crippen LogP contribution in [0, 0.1) is 6.92 Å². The van der Waals surface area contributed by atoms with Crippen molar-refractivity contribution < 1.29 is 4.74 Å². The van der Waals surface area contributed by atoms with Crippen LogP contribution in [0.3, 0.4) is 0 Å². The largest absolute Gasteiger partial charge is 0.497 e. The molecule has 0 fully saturated rings. The smallest absolute Gasteiger partial charge is 0.119 e. The highest BCUT2D eigenvalue weighted by molar-refractivity contribution is 5.36. The fourth-order valence-electron chi connectivity index (χ4n) is 1.29. The summed E-state index contributed by atoms with van der Waals surface area (Å²) in [5.41, 5.74) is 8.13. The summed E-state index contributed by atoms with van der Waals surface area (Å²) in [6.45, 7) is 4.02. The first-order valence-corrected chi connectivity index (χ1v) is 4.05. The van der Waals surface area contributed by atoms with E-state index in [-0.39, 0.29) is 6.04 Å². The normalized spacial score (nSPS) is 12.7. The van der Waals surface area contributed by atoms with Crippen LogP contribution in [0.5, 0.6) is 5.75 Å². The van der Waals surface area contributed by atoms with Gasteiger partial charge < -0.3 is 10.5 Å². The van der Waals surface area contributed by atoms with Gasteiger partial charge in [0, 0.05) is 6.04 Å². The molecule has 2 nitrogen and oxygen atoms in total. The molecule has 0 aromatic heterocycles.